The fourth-order valence-electron chi connectivity index (χ4n) is 2.97. The topological polar surface area (TPSA) is 56.1 Å². The number of rotatable bonds is 5. The van der Waals surface area contributed by atoms with Gasteiger partial charge in [0, 0.05) is 5.02 Å². The molecule has 0 unspecified atom stereocenters. The maximum Gasteiger partial charge on any atom is 0.573 e. The largest absolute Gasteiger partial charge is 0.573 e. The van der Waals surface area contributed by atoms with Gasteiger partial charge in [-0.05, 0) is 61.1 Å². The van der Waals surface area contributed by atoms with Gasteiger partial charge in [-0.1, -0.05) is 17.7 Å². The smallest absolute Gasteiger partial charge is 0.406 e. The molecule has 146 valence electrons. The molecule has 1 aliphatic carbocycles. The molecule has 1 N–H and O–H groups in total. The van der Waals surface area contributed by atoms with Crippen molar-refractivity contribution in [2.45, 2.75) is 25.6 Å². The van der Waals surface area contributed by atoms with Crippen LogP contribution in [0.1, 0.15) is 18.4 Å². The molecule has 0 atom stereocenters. The van der Waals surface area contributed by atoms with Crippen molar-refractivity contribution in [3.8, 4) is 5.75 Å². The minimum Gasteiger partial charge on any atom is -0.406 e. The molecule has 5 nitrogen and oxygen atoms in total. The van der Waals surface area contributed by atoms with Gasteiger partial charge in [-0.15, -0.1) is 13.2 Å². The van der Waals surface area contributed by atoms with Crippen LogP contribution in [0.25, 0.3) is 10.9 Å². The van der Waals surface area contributed by atoms with E-state index in [0.29, 0.717) is 16.6 Å². The third kappa shape index (κ3) is 4.22. The number of hydrogen-bond acceptors (Lipinski definition) is 4. The Morgan fingerprint density at radius 3 is 2.71 bits per heavy atom. The average molecular weight is 410 g/mol. The predicted molar refractivity (Wildman–Crippen MR) is 99.6 cm³/mol. The second kappa shape index (κ2) is 7.01. The minimum absolute atomic E-state index is 0.00233. The van der Waals surface area contributed by atoms with Gasteiger partial charge in [0.1, 0.15) is 12.1 Å². The molecule has 1 saturated carbocycles. The highest BCUT2D eigenvalue weighted by Gasteiger charge is 2.31. The lowest BCUT2D eigenvalue weighted by Gasteiger charge is -2.15. The van der Waals surface area contributed by atoms with Crippen LogP contribution in [0.3, 0.4) is 0 Å². The third-order valence-corrected chi connectivity index (χ3v) is 4.72. The molecule has 28 heavy (non-hydrogen) atoms. The summed E-state index contributed by atoms with van der Waals surface area (Å²) in [5, 5.41) is 0.507. The van der Waals surface area contributed by atoms with Crippen LogP contribution in [-0.2, 0) is 6.42 Å². The molecule has 0 amide bonds. The highest BCUT2D eigenvalue weighted by molar-refractivity contribution is 6.30. The first kappa shape index (κ1) is 18.6. The first-order chi connectivity index (χ1) is 13.3. The quantitative estimate of drug-likeness (QED) is 0.659. The number of benzene rings is 2. The number of aromatic nitrogens is 2. The summed E-state index contributed by atoms with van der Waals surface area (Å²) in [7, 11) is 0. The summed E-state index contributed by atoms with van der Waals surface area (Å²) in [5.41, 5.74) is 4.35. The second-order valence-corrected chi connectivity index (χ2v) is 7.14. The van der Waals surface area contributed by atoms with Gasteiger partial charge < -0.3 is 4.74 Å². The number of nitrogens with one attached hydrogen (secondary N) is 1. The van der Waals surface area contributed by atoms with E-state index in [0.717, 1.165) is 28.8 Å². The van der Waals surface area contributed by atoms with Crippen LogP contribution < -0.4 is 15.7 Å². The van der Waals surface area contributed by atoms with Crippen LogP contribution in [0, 0.1) is 5.92 Å². The lowest BCUT2D eigenvalue weighted by molar-refractivity contribution is -0.274. The molecule has 1 aliphatic rings. The first-order valence-electron chi connectivity index (χ1n) is 8.61. The first-order valence-corrected chi connectivity index (χ1v) is 8.99. The summed E-state index contributed by atoms with van der Waals surface area (Å²) in [6.07, 6.45) is -0.357. The van der Waals surface area contributed by atoms with E-state index in [1.807, 2.05) is 6.07 Å². The lowest BCUT2D eigenvalue weighted by Crippen LogP contribution is -2.27. The molecule has 0 aliphatic heterocycles. The van der Waals surface area contributed by atoms with E-state index in [1.165, 1.54) is 25.2 Å². The standard InChI is InChI=1S/C19H15ClF3N3O2/c20-13-4-3-12(7-11-1-2-11)17(8-13)25-26-10-24-16-6-5-14(28-19(21,22)23)9-15(16)18(26)27/h3-6,8-11,25H,1-2,7H2. The van der Waals surface area contributed by atoms with Crippen LogP contribution in [0.5, 0.6) is 5.75 Å². The summed E-state index contributed by atoms with van der Waals surface area (Å²) < 4.78 is 42.4. The normalized spacial score (nSPS) is 14.3. The number of hydrogen-bond donors (Lipinski definition) is 1. The molecule has 1 aromatic heterocycles. The van der Waals surface area contributed by atoms with Gasteiger partial charge in [-0.2, -0.15) is 0 Å². The van der Waals surface area contributed by atoms with Crippen LogP contribution in [0.15, 0.2) is 47.5 Å². The number of anilines is 1. The fourth-order valence-corrected chi connectivity index (χ4v) is 3.14. The van der Waals surface area contributed by atoms with E-state index >= 15 is 0 Å². The molecule has 2 aromatic carbocycles. The Bertz CT molecular complexity index is 1090. The van der Waals surface area contributed by atoms with E-state index in [4.69, 9.17) is 11.6 Å². The van der Waals surface area contributed by atoms with Crippen LogP contribution >= 0.6 is 11.6 Å². The molecule has 0 radical (unpaired) electrons. The van der Waals surface area contributed by atoms with Crippen molar-refractivity contribution in [1.82, 2.24) is 9.66 Å². The molecule has 0 bridgehead atoms. The van der Waals surface area contributed by atoms with Crippen LogP contribution in [0.4, 0.5) is 18.9 Å². The van der Waals surface area contributed by atoms with Gasteiger partial charge >= 0.3 is 6.36 Å². The fraction of sp³-hybridized carbons (Fsp3) is 0.263. The number of fused-ring (bicyclic) bond motifs is 1. The average Bonchev–Trinajstić information content (AvgIpc) is 3.43. The number of ether oxygens (including phenoxy) is 1. The summed E-state index contributed by atoms with van der Waals surface area (Å²) in [6.45, 7) is 0. The molecule has 0 saturated heterocycles. The number of halogens is 4. The van der Waals surface area contributed by atoms with Crippen molar-refractivity contribution in [2.24, 2.45) is 5.92 Å². The van der Waals surface area contributed by atoms with Gasteiger partial charge in [0.25, 0.3) is 5.56 Å². The van der Waals surface area contributed by atoms with Crippen molar-refractivity contribution in [1.29, 1.82) is 0 Å². The van der Waals surface area contributed by atoms with Gasteiger partial charge in [-0.3, -0.25) is 10.2 Å². The third-order valence-electron chi connectivity index (χ3n) is 4.48. The highest BCUT2D eigenvalue weighted by atomic mass is 35.5. The summed E-state index contributed by atoms with van der Waals surface area (Å²) in [5.74, 6) is 0.143. The Labute approximate surface area is 162 Å². The van der Waals surface area contributed by atoms with Crippen molar-refractivity contribution in [3.05, 3.63) is 63.7 Å². The Kier molecular flexibility index (Phi) is 4.66. The number of alkyl halides is 3. The van der Waals surface area contributed by atoms with E-state index in [2.05, 4.69) is 15.1 Å². The van der Waals surface area contributed by atoms with E-state index in [1.54, 1.807) is 12.1 Å². The Hall–Kier alpha value is -2.74. The monoisotopic (exact) mass is 409 g/mol. The van der Waals surface area contributed by atoms with E-state index < -0.39 is 17.7 Å². The summed E-state index contributed by atoms with van der Waals surface area (Å²) in [4.78, 5) is 16.9. The molecule has 0 spiro atoms. The summed E-state index contributed by atoms with van der Waals surface area (Å²) in [6, 6.07) is 8.84. The SMILES string of the molecule is O=c1c2cc(OC(F)(F)F)ccc2ncn1Nc1cc(Cl)ccc1CC1CC1. The van der Waals surface area contributed by atoms with Gasteiger partial charge in [0.2, 0.25) is 0 Å². The molecule has 9 heteroatoms. The van der Waals surface area contributed by atoms with Crippen LogP contribution in [0.2, 0.25) is 5.02 Å². The summed E-state index contributed by atoms with van der Waals surface area (Å²) >= 11 is 6.09. The molecular formula is C19H15ClF3N3O2. The molecular weight excluding hydrogens is 395 g/mol. The molecule has 4 rings (SSSR count). The van der Waals surface area contributed by atoms with Crippen molar-refractivity contribution >= 4 is 28.2 Å². The van der Waals surface area contributed by atoms with Crippen molar-refractivity contribution in [2.75, 3.05) is 5.43 Å². The zero-order chi connectivity index (χ0) is 19.9. The van der Waals surface area contributed by atoms with E-state index in [9.17, 15) is 18.0 Å². The zero-order valence-electron chi connectivity index (χ0n) is 14.5. The Morgan fingerprint density at radius 1 is 1.21 bits per heavy atom. The molecule has 1 heterocycles. The molecule has 1 fully saturated rings. The predicted octanol–water partition coefficient (Wildman–Crippen LogP) is 4.78. The van der Waals surface area contributed by atoms with Crippen molar-refractivity contribution < 1.29 is 17.9 Å². The Morgan fingerprint density at radius 2 is 2.00 bits per heavy atom. The van der Waals surface area contributed by atoms with Gasteiger partial charge in [0.05, 0.1) is 16.6 Å². The lowest BCUT2D eigenvalue weighted by atomic mass is 10.1. The van der Waals surface area contributed by atoms with Crippen LogP contribution in [-0.4, -0.2) is 16.0 Å². The molecule has 3 aromatic rings. The van der Waals surface area contributed by atoms with E-state index in [-0.39, 0.29) is 10.9 Å². The minimum atomic E-state index is -4.84. The van der Waals surface area contributed by atoms with Crippen molar-refractivity contribution in [3.63, 3.8) is 0 Å². The second-order valence-electron chi connectivity index (χ2n) is 6.71. The van der Waals surface area contributed by atoms with Gasteiger partial charge in [0.15, 0.2) is 0 Å². The van der Waals surface area contributed by atoms with Gasteiger partial charge in [-0.25, -0.2) is 9.66 Å². The Balaban J connectivity index is 1.70. The zero-order valence-corrected chi connectivity index (χ0v) is 15.2. The number of nitrogens with zero attached hydrogens (tertiary/aromatic N) is 2. The highest BCUT2D eigenvalue weighted by Crippen LogP contribution is 2.35. The maximum absolute atomic E-state index is 12.8. The maximum atomic E-state index is 12.8.